The second-order valence-corrected chi connectivity index (χ2v) is 6.11. The van der Waals surface area contributed by atoms with Gasteiger partial charge in [0.1, 0.15) is 0 Å². The first kappa shape index (κ1) is 16.7. The van der Waals surface area contributed by atoms with Gasteiger partial charge in [0, 0.05) is 11.7 Å². The van der Waals surface area contributed by atoms with Crippen molar-refractivity contribution < 1.29 is 9.53 Å². The summed E-state index contributed by atoms with van der Waals surface area (Å²) in [5.41, 5.74) is 2.37. The summed E-state index contributed by atoms with van der Waals surface area (Å²) in [7, 11) is 3.51. The summed E-state index contributed by atoms with van der Waals surface area (Å²) in [6.07, 6.45) is 2.17. The van der Waals surface area contributed by atoms with Gasteiger partial charge in [-0.1, -0.05) is 6.07 Å². The van der Waals surface area contributed by atoms with Crippen LogP contribution in [0, 0.1) is 6.92 Å². The number of hydrogen-bond acceptors (Lipinski definition) is 4. The predicted molar refractivity (Wildman–Crippen MR) is 92.4 cm³/mol. The maximum Gasteiger partial charge on any atom is 0.337 e. The number of ether oxygens (including phenoxy) is 1. The Balaban J connectivity index is 1.97. The Morgan fingerprint density at radius 2 is 2.05 bits per heavy atom. The number of methoxy groups -OCH3 is 1. The Bertz CT molecular complexity index is 554. The number of anilines is 1. The molecular formula is C16H23N3O2S. The minimum atomic E-state index is -0.350. The molecular weight excluding hydrogens is 298 g/mol. The lowest BCUT2D eigenvalue weighted by Crippen LogP contribution is -2.44. The average Bonchev–Trinajstić information content (AvgIpc) is 2.51. The van der Waals surface area contributed by atoms with Crippen molar-refractivity contribution in [3.8, 4) is 0 Å². The highest BCUT2D eigenvalue weighted by molar-refractivity contribution is 7.80. The van der Waals surface area contributed by atoms with Crippen molar-refractivity contribution >= 4 is 29.0 Å². The Morgan fingerprint density at radius 1 is 1.36 bits per heavy atom. The predicted octanol–water partition coefficient (Wildman–Crippen LogP) is 2.16. The van der Waals surface area contributed by atoms with Crippen molar-refractivity contribution in [1.82, 2.24) is 10.2 Å². The van der Waals surface area contributed by atoms with E-state index >= 15 is 0 Å². The number of nitrogens with one attached hydrogen (secondary N) is 2. The van der Waals surface area contributed by atoms with Gasteiger partial charge in [0.15, 0.2) is 5.11 Å². The average molecular weight is 321 g/mol. The zero-order chi connectivity index (χ0) is 16.1. The van der Waals surface area contributed by atoms with E-state index in [1.807, 2.05) is 13.0 Å². The van der Waals surface area contributed by atoms with E-state index in [1.54, 1.807) is 12.1 Å². The standard InChI is InChI=1S/C16H23N3O2S/c1-11-4-5-12(15(20)21-3)10-14(11)18-16(22)17-13-6-8-19(2)9-7-13/h4-5,10,13H,6-9H2,1-3H3,(H2,17,18,22). The number of carbonyl (C=O) groups is 1. The van der Waals surface area contributed by atoms with E-state index in [1.165, 1.54) is 7.11 Å². The van der Waals surface area contributed by atoms with Gasteiger partial charge >= 0.3 is 5.97 Å². The van der Waals surface area contributed by atoms with E-state index in [0.29, 0.717) is 16.7 Å². The van der Waals surface area contributed by atoms with Gasteiger partial charge < -0.3 is 20.3 Å². The molecule has 1 heterocycles. The molecule has 120 valence electrons. The van der Waals surface area contributed by atoms with Crippen molar-refractivity contribution in [3.63, 3.8) is 0 Å². The van der Waals surface area contributed by atoms with Crippen LogP contribution in [-0.4, -0.2) is 49.3 Å². The fourth-order valence-corrected chi connectivity index (χ4v) is 2.77. The molecule has 0 amide bonds. The maximum absolute atomic E-state index is 11.6. The van der Waals surface area contributed by atoms with E-state index in [-0.39, 0.29) is 5.97 Å². The second-order valence-electron chi connectivity index (χ2n) is 5.70. The van der Waals surface area contributed by atoms with Crippen molar-refractivity contribution in [3.05, 3.63) is 29.3 Å². The van der Waals surface area contributed by atoms with Crippen LogP contribution < -0.4 is 10.6 Å². The molecule has 1 aliphatic rings. The third kappa shape index (κ3) is 4.42. The minimum Gasteiger partial charge on any atom is -0.465 e. The quantitative estimate of drug-likeness (QED) is 0.657. The fourth-order valence-electron chi connectivity index (χ4n) is 2.50. The number of hydrogen-bond donors (Lipinski definition) is 2. The van der Waals surface area contributed by atoms with Gasteiger partial charge in [0.2, 0.25) is 0 Å². The lowest BCUT2D eigenvalue weighted by molar-refractivity contribution is 0.0601. The summed E-state index contributed by atoms with van der Waals surface area (Å²) in [5.74, 6) is -0.350. The van der Waals surface area contributed by atoms with Gasteiger partial charge in [-0.15, -0.1) is 0 Å². The smallest absolute Gasteiger partial charge is 0.337 e. The van der Waals surface area contributed by atoms with Crippen molar-refractivity contribution in [1.29, 1.82) is 0 Å². The highest BCUT2D eigenvalue weighted by atomic mass is 32.1. The maximum atomic E-state index is 11.6. The molecule has 0 aliphatic carbocycles. The van der Waals surface area contributed by atoms with Gasteiger partial charge in [-0.05, 0) is 69.8 Å². The van der Waals surface area contributed by atoms with Crippen LogP contribution in [0.4, 0.5) is 5.69 Å². The molecule has 1 aliphatic heterocycles. The van der Waals surface area contributed by atoms with Crippen LogP contribution in [0.2, 0.25) is 0 Å². The van der Waals surface area contributed by atoms with Crippen LogP contribution in [0.5, 0.6) is 0 Å². The first-order valence-electron chi connectivity index (χ1n) is 7.44. The Morgan fingerprint density at radius 3 is 2.68 bits per heavy atom. The topological polar surface area (TPSA) is 53.6 Å². The molecule has 0 radical (unpaired) electrons. The van der Waals surface area contributed by atoms with Crippen molar-refractivity contribution in [2.75, 3.05) is 32.6 Å². The summed E-state index contributed by atoms with van der Waals surface area (Å²) in [5, 5.41) is 7.14. The molecule has 1 aromatic rings. The number of piperidine rings is 1. The van der Waals surface area contributed by atoms with Gasteiger partial charge in [-0.25, -0.2) is 4.79 Å². The third-order valence-corrected chi connectivity index (χ3v) is 4.18. The van der Waals surface area contributed by atoms with E-state index in [2.05, 4.69) is 22.6 Å². The van der Waals surface area contributed by atoms with Gasteiger partial charge in [-0.3, -0.25) is 0 Å². The van der Waals surface area contributed by atoms with Crippen molar-refractivity contribution in [2.45, 2.75) is 25.8 Å². The molecule has 5 nitrogen and oxygen atoms in total. The Labute approximate surface area is 137 Å². The minimum absolute atomic E-state index is 0.350. The first-order valence-corrected chi connectivity index (χ1v) is 7.85. The molecule has 0 atom stereocenters. The van der Waals surface area contributed by atoms with Crippen LogP contribution in [0.25, 0.3) is 0 Å². The Hall–Kier alpha value is -1.66. The van der Waals surface area contributed by atoms with Crippen LogP contribution in [0.15, 0.2) is 18.2 Å². The Kier molecular flexibility index (Phi) is 5.74. The van der Waals surface area contributed by atoms with E-state index < -0.39 is 0 Å². The number of nitrogens with zero attached hydrogens (tertiary/aromatic N) is 1. The molecule has 6 heteroatoms. The monoisotopic (exact) mass is 321 g/mol. The van der Waals surface area contributed by atoms with E-state index in [0.717, 1.165) is 37.2 Å². The molecule has 0 unspecified atom stereocenters. The summed E-state index contributed by atoms with van der Waals surface area (Å²) in [6, 6.07) is 5.80. The van der Waals surface area contributed by atoms with Crippen LogP contribution in [0.3, 0.4) is 0 Å². The number of carbonyl (C=O) groups excluding carboxylic acids is 1. The van der Waals surface area contributed by atoms with Gasteiger partial charge in [0.05, 0.1) is 12.7 Å². The number of esters is 1. The number of rotatable bonds is 3. The van der Waals surface area contributed by atoms with E-state index in [4.69, 9.17) is 17.0 Å². The largest absolute Gasteiger partial charge is 0.465 e. The molecule has 0 bridgehead atoms. The number of likely N-dealkylation sites (tertiary alicyclic amines) is 1. The summed E-state index contributed by atoms with van der Waals surface area (Å²) in [4.78, 5) is 13.9. The molecule has 2 N–H and O–H groups in total. The van der Waals surface area contributed by atoms with Gasteiger partial charge in [-0.2, -0.15) is 0 Å². The molecule has 1 aromatic carbocycles. The molecule has 1 saturated heterocycles. The number of thiocarbonyl (C=S) groups is 1. The number of benzene rings is 1. The highest BCUT2D eigenvalue weighted by Gasteiger charge is 2.17. The second kappa shape index (κ2) is 7.56. The van der Waals surface area contributed by atoms with E-state index in [9.17, 15) is 4.79 Å². The zero-order valence-corrected chi connectivity index (χ0v) is 14.1. The molecule has 22 heavy (non-hydrogen) atoms. The zero-order valence-electron chi connectivity index (χ0n) is 13.3. The molecule has 0 saturated carbocycles. The first-order chi connectivity index (χ1) is 10.5. The molecule has 1 fully saturated rings. The number of aryl methyl sites for hydroxylation is 1. The lowest BCUT2D eigenvalue weighted by atomic mass is 10.1. The summed E-state index contributed by atoms with van der Waals surface area (Å²) in [6.45, 7) is 4.13. The lowest BCUT2D eigenvalue weighted by Gasteiger charge is -2.30. The summed E-state index contributed by atoms with van der Waals surface area (Å²) >= 11 is 5.39. The van der Waals surface area contributed by atoms with Gasteiger partial charge in [0.25, 0.3) is 0 Å². The normalized spacial score (nSPS) is 16.1. The highest BCUT2D eigenvalue weighted by Crippen LogP contribution is 2.18. The fraction of sp³-hybridized carbons (Fsp3) is 0.500. The van der Waals surface area contributed by atoms with Crippen molar-refractivity contribution in [2.24, 2.45) is 0 Å². The molecule has 0 aromatic heterocycles. The molecule has 2 rings (SSSR count). The van der Waals surface area contributed by atoms with Crippen LogP contribution in [0.1, 0.15) is 28.8 Å². The van der Waals surface area contributed by atoms with Crippen LogP contribution >= 0.6 is 12.2 Å². The summed E-state index contributed by atoms with van der Waals surface area (Å²) < 4.78 is 4.75. The van der Waals surface area contributed by atoms with Crippen LogP contribution in [-0.2, 0) is 4.74 Å². The SMILES string of the molecule is COC(=O)c1ccc(C)c(NC(=S)NC2CCN(C)CC2)c1. The third-order valence-electron chi connectivity index (χ3n) is 3.96. The molecule has 0 spiro atoms.